The van der Waals surface area contributed by atoms with Crippen LogP contribution in [0, 0.1) is 5.82 Å². The van der Waals surface area contributed by atoms with Crippen LogP contribution in [0.3, 0.4) is 0 Å². The third-order valence-electron chi connectivity index (χ3n) is 7.72. The molecule has 1 aliphatic rings. The Hall–Kier alpha value is -4.09. The van der Waals surface area contributed by atoms with Gasteiger partial charge in [0.25, 0.3) is 0 Å². The highest BCUT2D eigenvalue weighted by atomic mass is 19.4. The van der Waals surface area contributed by atoms with Gasteiger partial charge in [-0.3, -0.25) is 0 Å². The maximum atomic E-state index is 14.2. The lowest BCUT2D eigenvalue weighted by molar-refractivity contribution is -0.136. The fourth-order valence-electron chi connectivity index (χ4n) is 5.58. The Bertz CT molecular complexity index is 1720. The van der Waals surface area contributed by atoms with Crippen molar-refractivity contribution in [2.75, 3.05) is 0 Å². The number of halogens is 4. The van der Waals surface area contributed by atoms with Crippen LogP contribution in [-0.2, 0) is 19.8 Å². The molecular formula is C30H27F4N5O2. The predicted octanol–water partition coefficient (Wildman–Crippen LogP) is 6.51. The molecule has 2 heterocycles. The molecule has 0 radical (unpaired) electrons. The molecule has 5 aromatic rings. The fraction of sp³-hybridized carbons (Fsp3) is 0.300. The number of nitrogens with zero attached hydrogens (tertiary/aromatic N) is 4. The van der Waals surface area contributed by atoms with Crippen molar-refractivity contribution in [1.82, 2.24) is 25.1 Å². The van der Waals surface area contributed by atoms with E-state index >= 15 is 0 Å². The molecule has 11 heteroatoms. The van der Waals surface area contributed by atoms with E-state index in [9.17, 15) is 22.7 Å². The molecule has 0 amide bonds. The number of fused-ring (bicyclic) bond motifs is 1. The second kappa shape index (κ2) is 10.1. The third kappa shape index (κ3) is 5.11. The van der Waals surface area contributed by atoms with E-state index in [4.69, 9.17) is 4.42 Å². The van der Waals surface area contributed by atoms with Crippen LogP contribution in [0.4, 0.5) is 17.6 Å². The van der Waals surface area contributed by atoms with Gasteiger partial charge in [0.1, 0.15) is 23.2 Å². The smallest absolute Gasteiger partial charge is 0.420 e. The Labute approximate surface area is 232 Å². The number of benzene rings is 3. The summed E-state index contributed by atoms with van der Waals surface area (Å²) in [5.74, 6) is 0.0219. The highest BCUT2D eigenvalue weighted by molar-refractivity contribution is 5.92. The van der Waals surface area contributed by atoms with Crippen molar-refractivity contribution in [2.24, 2.45) is 7.05 Å². The van der Waals surface area contributed by atoms with Gasteiger partial charge in [-0.1, -0.05) is 24.3 Å². The van der Waals surface area contributed by atoms with Gasteiger partial charge in [-0.05, 0) is 73.2 Å². The summed E-state index contributed by atoms with van der Waals surface area (Å²) >= 11 is 0. The van der Waals surface area contributed by atoms with Gasteiger partial charge in [-0.25, -0.2) is 9.37 Å². The van der Waals surface area contributed by atoms with E-state index in [-0.39, 0.29) is 29.6 Å². The normalized spacial score (nSPS) is 19.3. The summed E-state index contributed by atoms with van der Waals surface area (Å²) in [6, 6.07) is 13.5. The lowest BCUT2D eigenvalue weighted by atomic mass is 9.94. The number of oxazole rings is 1. The molecule has 1 saturated carbocycles. The van der Waals surface area contributed by atoms with Crippen molar-refractivity contribution in [1.29, 1.82) is 0 Å². The van der Waals surface area contributed by atoms with Crippen molar-refractivity contribution >= 4 is 11.1 Å². The van der Waals surface area contributed by atoms with E-state index in [1.165, 1.54) is 18.5 Å². The maximum Gasteiger partial charge on any atom is 0.420 e. The van der Waals surface area contributed by atoms with E-state index in [1.807, 2.05) is 6.07 Å². The van der Waals surface area contributed by atoms with Gasteiger partial charge in [0.2, 0.25) is 5.89 Å². The fourth-order valence-corrected chi connectivity index (χ4v) is 5.58. The molecule has 7 nitrogen and oxygen atoms in total. The molecule has 0 spiro atoms. The molecule has 0 aliphatic heterocycles. The average Bonchev–Trinajstić information content (AvgIpc) is 3.64. The number of rotatable bonds is 6. The minimum atomic E-state index is -4.69. The standard InChI is InChI=1S/C30H27F4N5O2/c1-29(40)12-4-7-24(29)35-15-17-13-22(30(32,33)34)26-23(14-17)37-28(41-26)21-6-3-5-20(18-8-10-19(31)11-9-18)25(21)27-38-36-16-39(27)2/h3,5-6,8-11,13-14,16,24,35,40H,4,7,12,15H2,1-2H3/t24?,29-/m1/s1. The molecule has 1 fully saturated rings. The van der Waals surface area contributed by atoms with Crippen molar-refractivity contribution in [3.63, 3.8) is 0 Å². The van der Waals surface area contributed by atoms with Gasteiger partial charge in [0, 0.05) is 30.8 Å². The molecule has 2 N–H and O–H groups in total. The summed E-state index contributed by atoms with van der Waals surface area (Å²) in [6.45, 7) is 1.87. The van der Waals surface area contributed by atoms with Crippen molar-refractivity contribution in [2.45, 2.75) is 50.6 Å². The Morgan fingerprint density at radius 2 is 1.88 bits per heavy atom. The van der Waals surface area contributed by atoms with Gasteiger partial charge in [0.05, 0.1) is 5.60 Å². The highest BCUT2D eigenvalue weighted by Crippen LogP contribution is 2.42. The number of hydrogen-bond donors (Lipinski definition) is 2. The van der Waals surface area contributed by atoms with Crippen LogP contribution in [0.2, 0.25) is 0 Å². The first-order chi connectivity index (χ1) is 19.5. The molecule has 212 valence electrons. The van der Waals surface area contributed by atoms with Gasteiger partial charge >= 0.3 is 6.18 Å². The number of aromatic nitrogens is 4. The molecule has 3 aromatic carbocycles. The lowest BCUT2D eigenvalue weighted by Gasteiger charge is -2.26. The summed E-state index contributed by atoms with van der Waals surface area (Å²) in [7, 11) is 1.75. The minimum Gasteiger partial charge on any atom is -0.435 e. The second-order valence-electron chi connectivity index (χ2n) is 10.7. The topological polar surface area (TPSA) is 89.0 Å². The summed E-state index contributed by atoms with van der Waals surface area (Å²) < 4.78 is 64.0. The van der Waals surface area contributed by atoms with Gasteiger partial charge < -0.3 is 19.4 Å². The van der Waals surface area contributed by atoms with Gasteiger partial charge in [0.15, 0.2) is 11.4 Å². The van der Waals surface area contributed by atoms with E-state index < -0.39 is 23.2 Å². The van der Waals surface area contributed by atoms with E-state index in [1.54, 1.807) is 48.9 Å². The average molecular weight is 566 g/mol. The summed E-state index contributed by atoms with van der Waals surface area (Å²) in [5, 5.41) is 22.0. The van der Waals surface area contributed by atoms with Crippen molar-refractivity contribution in [3.8, 4) is 34.0 Å². The SMILES string of the molecule is Cn1cnnc1-c1c(-c2ccc(F)cc2)cccc1-c1nc2cc(CNC3CCC[C@@]3(C)O)cc(C(F)(F)F)c2o1. The number of aryl methyl sites for hydroxylation is 1. The Balaban J connectivity index is 1.49. The highest BCUT2D eigenvalue weighted by Gasteiger charge is 2.38. The Kier molecular flexibility index (Phi) is 6.66. The second-order valence-corrected chi connectivity index (χ2v) is 10.7. The van der Waals surface area contributed by atoms with Gasteiger partial charge in [-0.2, -0.15) is 13.2 Å². The van der Waals surface area contributed by atoms with Crippen LogP contribution in [0.1, 0.15) is 37.3 Å². The van der Waals surface area contributed by atoms with Crippen LogP contribution in [0.25, 0.3) is 45.1 Å². The van der Waals surface area contributed by atoms with Crippen molar-refractivity contribution < 1.29 is 27.1 Å². The first-order valence-corrected chi connectivity index (χ1v) is 13.2. The quantitative estimate of drug-likeness (QED) is 0.228. The zero-order valence-electron chi connectivity index (χ0n) is 22.3. The summed E-state index contributed by atoms with van der Waals surface area (Å²) in [5.41, 5.74) is 0.489. The predicted molar refractivity (Wildman–Crippen MR) is 145 cm³/mol. The van der Waals surface area contributed by atoms with Crippen LogP contribution in [0.15, 0.2) is 65.3 Å². The molecular weight excluding hydrogens is 538 g/mol. The zero-order chi connectivity index (χ0) is 28.9. The number of nitrogens with one attached hydrogen (secondary N) is 1. The first kappa shape index (κ1) is 27.1. The largest absolute Gasteiger partial charge is 0.435 e. The van der Waals surface area contributed by atoms with E-state index in [0.29, 0.717) is 40.1 Å². The number of alkyl halides is 3. The molecule has 6 rings (SSSR count). The van der Waals surface area contributed by atoms with Crippen LogP contribution < -0.4 is 5.32 Å². The summed E-state index contributed by atoms with van der Waals surface area (Å²) in [6.07, 6.45) is -0.962. The first-order valence-electron chi connectivity index (χ1n) is 13.2. The Morgan fingerprint density at radius 3 is 2.54 bits per heavy atom. The van der Waals surface area contributed by atoms with Crippen molar-refractivity contribution in [3.05, 3.63) is 77.9 Å². The zero-order valence-corrected chi connectivity index (χ0v) is 22.3. The molecule has 0 bridgehead atoms. The van der Waals surface area contributed by atoms with E-state index in [0.717, 1.165) is 18.9 Å². The lowest BCUT2D eigenvalue weighted by Crippen LogP contribution is -2.44. The molecule has 0 saturated heterocycles. The molecule has 1 aliphatic carbocycles. The minimum absolute atomic E-state index is 0.0173. The Morgan fingerprint density at radius 1 is 1.12 bits per heavy atom. The van der Waals surface area contributed by atoms with E-state index in [2.05, 4.69) is 20.5 Å². The molecule has 2 atom stereocenters. The monoisotopic (exact) mass is 565 g/mol. The summed E-state index contributed by atoms with van der Waals surface area (Å²) in [4.78, 5) is 4.51. The van der Waals surface area contributed by atoms with Gasteiger partial charge in [-0.15, -0.1) is 10.2 Å². The van der Waals surface area contributed by atoms with Crippen LogP contribution in [0.5, 0.6) is 0 Å². The van der Waals surface area contributed by atoms with Crippen LogP contribution >= 0.6 is 0 Å². The molecule has 2 aromatic heterocycles. The van der Waals surface area contributed by atoms with Crippen LogP contribution in [-0.4, -0.2) is 36.5 Å². The number of hydrogen-bond acceptors (Lipinski definition) is 6. The molecule has 1 unspecified atom stereocenters. The maximum absolute atomic E-state index is 14.2. The molecule has 41 heavy (non-hydrogen) atoms. The third-order valence-corrected chi connectivity index (χ3v) is 7.72. The number of aliphatic hydroxyl groups is 1.